The Balaban J connectivity index is 0.000000384. The van der Waals surface area contributed by atoms with Crippen LogP contribution in [-0.4, -0.2) is 8.41 Å². The lowest BCUT2D eigenvalue weighted by Crippen LogP contribution is -1.78. The minimum absolute atomic E-state index is 0. The third-order valence-corrected chi connectivity index (χ3v) is 4.10. The Hall–Kier alpha value is -2.28. The van der Waals surface area contributed by atoms with E-state index in [-0.39, 0.29) is 8.41 Å². The van der Waals surface area contributed by atoms with Crippen molar-refractivity contribution in [3.05, 3.63) is 105 Å². The summed E-state index contributed by atoms with van der Waals surface area (Å²) in [6.45, 7) is 19.1. The van der Waals surface area contributed by atoms with Crippen LogP contribution in [0.1, 0.15) is 50.1 Å². The smallest absolute Gasteiger partial charge is 0 e. The van der Waals surface area contributed by atoms with Gasteiger partial charge in [-0.1, -0.05) is 105 Å². The second-order valence-electron chi connectivity index (χ2n) is 8.00. The molecule has 0 bridgehead atoms. The van der Waals surface area contributed by atoms with Crippen molar-refractivity contribution in [3.63, 3.8) is 0 Å². The highest BCUT2D eigenvalue weighted by Gasteiger charge is 1.89. The zero-order valence-electron chi connectivity index (χ0n) is 19.3. The van der Waals surface area contributed by atoms with E-state index >= 15 is 0 Å². The number of hydrogen-bond donors (Lipinski definition) is 0. The van der Waals surface area contributed by atoms with Gasteiger partial charge in [0.25, 0.3) is 0 Å². The van der Waals surface area contributed by atoms with Crippen molar-refractivity contribution >= 4 is 8.41 Å². The maximum absolute atomic E-state index is 2.19. The number of hydrogen-bond acceptors (Lipinski definition) is 0. The van der Waals surface area contributed by atoms with E-state index in [4.69, 9.17) is 0 Å². The van der Waals surface area contributed by atoms with Crippen molar-refractivity contribution in [2.24, 2.45) is 0 Å². The first-order valence-electron chi connectivity index (χ1n) is 9.70. The van der Waals surface area contributed by atoms with Crippen LogP contribution in [0, 0.1) is 62.3 Å². The standard InChI is InChI=1S/3C9H12.B/c3*1-7-4-8(2)6-9(3)5-7;/h3*4-6H,1-3H3;. The SMILES string of the molecule is Cc1cc(C)cc(C)c1.Cc1cc(C)cc(C)c1.Cc1cc(C)cc(C)c1.[B]. The van der Waals surface area contributed by atoms with Crippen molar-refractivity contribution in [2.75, 3.05) is 0 Å². The zero-order valence-corrected chi connectivity index (χ0v) is 19.3. The lowest BCUT2D eigenvalue weighted by Gasteiger charge is -1.96. The van der Waals surface area contributed by atoms with Gasteiger partial charge in [-0.15, -0.1) is 0 Å². The summed E-state index contributed by atoms with van der Waals surface area (Å²) in [4.78, 5) is 0. The minimum Gasteiger partial charge on any atom is -0.0564 e. The van der Waals surface area contributed by atoms with Gasteiger partial charge in [0.1, 0.15) is 0 Å². The molecule has 0 unspecified atom stereocenters. The molecular weight excluding hydrogens is 335 g/mol. The molecule has 0 aliphatic carbocycles. The van der Waals surface area contributed by atoms with Crippen LogP contribution in [0.3, 0.4) is 0 Å². The van der Waals surface area contributed by atoms with Crippen LogP contribution in [0.5, 0.6) is 0 Å². The first kappa shape index (κ1) is 25.7. The van der Waals surface area contributed by atoms with Crippen LogP contribution < -0.4 is 0 Å². The largest absolute Gasteiger partial charge is 0.0564 e. The number of benzene rings is 3. The van der Waals surface area contributed by atoms with Crippen molar-refractivity contribution < 1.29 is 0 Å². The third kappa shape index (κ3) is 10.8. The van der Waals surface area contributed by atoms with Gasteiger partial charge < -0.3 is 0 Å². The summed E-state index contributed by atoms with van der Waals surface area (Å²) >= 11 is 0. The molecule has 0 nitrogen and oxygen atoms in total. The Morgan fingerprint density at radius 1 is 0.250 bits per heavy atom. The summed E-state index contributed by atoms with van der Waals surface area (Å²) in [5.74, 6) is 0. The van der Waals surface area contributed by atoms with Gasteiger partial charge >= 0.3 is 0 Å². The molecule has 0 fully saturated rings. The van der Waals surface area contributed by atoms with Gasteiger partial charge in [0.05, 0.1) is 0 Å². The summed E-state index contributed by atoms with van der Waals surface area (Å²) in [7, 11) is 0. The maximum atomic E-state index is 2.19. The fourth-order valence-electron chi connectivity index (χ4n) is 3.61. The molecule has 0 saturated carbocycles. The molecule has 0 aliphatic rings. The summed E-state index contributed by atoms with van der Waals surface area (Å²) < 4.78 is 0. The summed E-state index contributed by atoms with van der Waals surface area (Å²) in [5.41, 5.74) is 12.2. The fourth-order valence-corrected chi connectivity index (χ4v) is 3.61. The summed E-state index contributed by atoms with van der Waals surface area (Å²) in [6, 6.07) is 19.7. The molecule has 0 atom stereocenters. The van der Waals surface area contributed by atoms with E-state index in [2.05, 4.69) is 117 Å². The molecule has 3 aromatic rings. The van der Waals surface area contributed by atoms with Crippen molar-refractivity contribution in [3.8, 4) is 0 Å². The van der Waals surface area contributed by atoms with Crippen molar-refractivity contribution in [2.45, 2.75) is 62.3 Å². The summed E-state index contributed by atoms with van der Waals surface area (Å²) in [6.07, 6.45) is 0. The Labute approximate surface area is 175 Å². The molecule has 0 saturated heterocycles. The predicted molar refractivity (Wildman–Crippen MR) is 128 cm³/mol. The molecule has 0 aromatic heterocycles. The van der Waals surface area contributed by atoms with Gasteiger partial charge in [-0.05, 0) is 62.3 Å². The Bertz CT molecular complexity index is 606. The topological polar surface area (TPSA) is 0 Å². The Morgan fingerprint density at radius 2 is 0.321 bits per heavy atom. The lowest BCUT2D eigenvalue weighted by molar-refractivity contribution is 1.32. The molecule has 3 radical (unpaired) electrons. The van der Waals surface area contributed by atoms with Crippen molar-refractivity contribution in [1.82, 2.24) is 0 Å². The molecular formula is C27H36B. The van der Waals surface area contributed by atoms with Gasteiger partial charge in [0.2, 0.25) is 0 Å². The van der Waals surface area contributed by atoms with E-state index in [9.17, 15) is 0 Å². The number of rotatable bonds is 0. The van der Waals surface area contributed by atoms with Crippen molar-refractivity contribution in [1.29, 1.82) is 0 Å². The highest BCUT2D eigenvalue weighted by Crippen LogP contribution is 2.07. The second kappa shape index (κ2) is 12.2. The number of aryl methyl sites for hydroxylation is 9. The second-order valence-corrected chi connectivity index (χ2v) is 8.00. The lowest BCUT2D eigenvalue weighted by atomic mass is 10.1. The van der Waals surface area contributed by atoms with E-state index in [1.54, 1.807) is 0 Å². The molecule has 28 heavy (non-hydrogen) atoms. The average Bonchev–Trinajstić information content (AvgIpc) is 2.43. The van der Waals surface area contributed by atoms with Gasteiger partial charge in [0.15, 0.2) is 0 Å². The third-order valence-electron chi connectivity index (χ3n) is 4.10. The molecule has 3 aromatic carbocycles. The molecule has 0 amide bonds. The van der Waals surface area contributed by atoms with E-state index in [1.807, 2.05) is 0 Å². The monoisotopic (exact) mass is 371 g/mol. The van der Waals surface area contributed by atoms with Crippen LogP contribution in [0.15, 0.2) is 54.6 Å². The summed E-state index contributed by atoms with van der Waals surface area (Å²) in [5, 5.41) is 0. The molecule has 1 heteroatoms. The van der Waals surface area contributed by atoms with Crippen LogP contribution >= 0.6 is 0 Å². The molecule has 0 heterocycles. The zero-order chi connectivity index (χ0) is 20.6. The average molecular weight is 371 g/mol. The molecule has 0 aliphatic heterocycles. The van der Waals surface area contributed by atoms with Crippen LogP contribution in [0.2, 0.25) is 0 Å². The quantitative estimate of drug-likeness (QED) is 0.360. The fraction of sp³-hybridized carbons (Fsp3) is 0.333. The van der Waals surface area contributed by atoms with Crippen LogP contribution in [-0.2, 0) is 0 Å². The highest BCUT2D eigenvalue weighted by molar-refractivity contribution is 5.75. The molecule has 0 N–H and O–H groups in total. The Kier molecular flexibility index (Phi) is 11.2. The predicted octanol–water partition coefficient (Wildman–Crippen LogP) is 7.45. The van der Waals surface area contributed by atoms with E-state index in [1.165, 1.54) is 50.1 Å². The first-order valence-corrected chi connectivity index (χ1v) is 9.70. The van der Waals surface area contributed by atoms with Gasteiger partial charge in [-0.25, -0.2) is 0 Å². The maximum Gasteiger partial charge on any atom is 0 e. The molecule has 3 rings (SSSR count). The minimum atomic E-state index is 0. The van der Waals surface area contributed by atoms with Gasteiger partial charge in [0, 0.05) is 8.41 Å². The van der Waals surface area contributed by atoms with E-state index < -0.39 is 0 Å². The molecule has 147 valence electrons. The Morgan fingerprint density at radius 3 is 0.393 bits per heavy atom. The molecule has 0 spiro atoms. The van der Waals surface area contributed by atoms with Crippen LogP contribution in [0.25, 0.3) is 0 Å². The van der Waals surface area contributed by atoms with E-state index in [0.29, 0.717) is 0 Å². The van der Waals surface area contributed by atoms with E-state index in [0.717, 1.165) is 0 Å². The van der Waals surface area contributed by atoms with Gasteiger partial charge in [-0.2, -0.15) is 0 Å². The highest BCUT2D eigenvalue weighted by atomic mass is 13.9. The first-order chi connectivity index (χ1) is 12.5. The van der Waals surface area contributed by atoms with Crippen LogP contribution in [0.4, 0.5) is 0 Å². The normalized spacial score (nSPS) is 9.32. The van der Waals surface area contributed by atoms with Gasteiger partial charge in [-0.3, -0.25) is 0 Å².